The lowest BCUT2D eigenvalue weighted by molar-refractivity contribution is -0.132. The van der Waals surface area contributed by atoms with Gasteiger partial charge < -0.3 is 19.9 Å². The number of likely N-dealkylation sites (N-methyl/N-ethyl adjacent to an activating group) is 1. The summed E-state index contributed by atoms with van der Waals surface area (Å²) in [7, 11) is 4.35. The smallest absolute Gasteiger partial charge is 0.249 e. The fraction of sp³-hybridized carbons (Fsp3) is 0.650. The number of hydrogen-bond donors (Lipinski definition) is 1. The van der Waals surface area contributed by atoms with E-state index in [0.717, 1.165) is 25.2 Å². The Morgan fingerprint density at radius 2 is 1.96 bits per heavy atom. The molecule has 0 spiro atoms. The Hall–Kier alpha value is -1.43. The second-order valence-electron chi connectivity index (χ2n) is 7.04. The van der Waals surface area contributed by atoms with Gasteiger partial charge in [0, 0.05) is 19.2 Å². The molecular weight excluding hydrogens is 314 g/mol. The SMILES string of the molecule is CCO[C@@H](C)C(=O)N[C@@H](CN(C)C1CCN(C)CC1)c1ccccc1. The summed E-state index contributed by atoms with van der Waals surface area (Å²) in [6.45, 7) is 7.34. The molecule has 1 aliphatic rings. The summed E-state index contributed by atoms with van der Waals surface area (Å²) < 4.78 is 5.44. The highest BCUT2D eigenvalue weighted by Gasteiger charge is 2.25. The fourth-order valence-electron chi connectivity index (χ4n) is 3.41. The van der Waals surface area contributed by atoms with E-state index in [1.165, 1.54) is 12.8 Å². The van der Waals surface area contributed by atoms with Crippen LogP contribution in [0.3, 0.4) is 0 Å². The first-order valence-corrected chi connectivity index (χ1v) is 9.37. The second-order valence-corrected chi connectivity index (χ2v) is 7.04. The second kappa shape index (κ2) is 9.90. The minimum atomic E-state index is -0.426. The van der Waals surface area contributed by atoms with E-state index >= 15 is 0 Å². The lowest BCUT2D eigenvalue weighted by atomic mass is 10.0. The molecule has 1 aliphatic heterocycles. The Morgan fingerprint density at radius 1 is 1.32 bits per heavy atom. The van der Waals surface area contributed by atoms with Gasteiger partial charge in [-0.15, -0.1) is 0 Å². The molecule has 1 heterocycles. The summed E-state index contributed by atoms with van der Waals surface area (Å²) >= 11 is 0. The van der Waals surface area contributed by atoms with E-state index in [1.807, 2.05) is 32.0 Å². The highest BCUT2D eigenvalue weighted by atomic mass is 16.5. The number of nitrogens with zero attached hydrogens (tertiary/aromatic N) is 2. The van der Waals surface area contributed by atoms with E-state index in [9.17, 15) is 4.79 Å². The normalized spacial score (nSPS) is 18.9. The zero-order valence-electron chi connectivity index (χ0n) is 16.1. The lowest BCUT2D eigenvalue weighted by Gasteiger charge is -2.37. The van der Waals surface area contributed by atoms with E-state index in [0.29, 0.717) is 12.6 Å². The maximum Gasteiger partial charge on any atom is 0.249 e. The van der Waals surface area contributed by atoms with E-state index in [4.69, 9.17) is 4.74 Å². The first-order chi connectivity index (χ1) is 12.0. The minimum Gasteiger partial charge on any atom is -0.369 e. The monoisotopic (exact) mass is 347 g/mol. The molecule has 1 amide bonds. The predicted molar refractivity (Wildman–Crippen MR) is 102 cm³/mol. The van der Waals surface area contributed by atoms with Crippen molar-refractivity contribution in [3.63, 3.8) is 0 Å². The summed E-state index contributed by atoms with van der Waals surface area (Å²) in [6.07, 6.45) is 1.93. The van der Waals surface area contributed by atoms with Gasteiger partial charge in [-0.25, -0.2) is 0 Å². The van der Waals surface area contributed by atoms with Crippen LogP contribution >= 0.6 is 0 Å². The molecule has 5 nitrogen and oxygen atoms in total. The van der Waals surface area contributed by atoms with Gasteiger partial charge in [-0.3, -0.25) is 4.79 Å². The third-order valence-electron chi connectivity index (χ3n) is 5.09. The van der Waals surface area contributed by atoms with Crippen LogP contribution in [-0.4, -0.2) is 68.2 Å². The van der Waals surface area contributed by atoms with E-state index in [2.05, 4.69) is 41.3 Å². The Balaban J connectivity index is 2.03. The first kappa shape index (κ1) is 19.9. The van der Waals surface area contributed by atoms with Crippen LogP contribution in [0.25, 0.3) is 0 Å². The van der Waals surface area contributed by atoms with Crippen molar-refractivity contribution in [1.29, 1.82) is 0 Å². The molecular formula is C20H33N3O2. The van der Waals surface area contributed by atoms with Crippen LogP contribution in [0.5, 0.6) is 0 Å². The highest BCUT2D eigenvalue weighted by Crippen LogP contribution is 2.19. The first-order valence-electron chi connectivity index (χ1n) is 9.37. The highest BCUT2D eigenvalue weighted by molar-refractivity contribution is 5.80. The zero-order valence-corrected chi connectivity index (χ0v) is 16.1. The van der Waals surface area contributed by atoms with Crippen LogP contribution in [0.4, 0.5) is 0 Å². The molecule has 0 saturated carbocycles. The van der Waals surface area contributed by atoms with Crippen molar-refractivity contribution < 1.29 is 9.53 Å². The van der Waals surface area contributed by atoms with Gasteiger partial charge >= 0.3 is 0 Å². The molecule has 0 radical (unpaired) electrons. The van der Waals surface area contributed by atoms with Crippen LogP contribution in [0.1, 0.15) is 38.3 Å². The number of hydrogen-bond acceptors (Lipinski definition) is 4. The molecule has 1 aromatic rings. The van der Waals surface area contributed by atoms with E-state index < -0.39 is 6.10 Å². The summed E-state index contributed by atoms with van der Waals surface area (Å²) in [5.41, 5.74) is 1.14. The molecule has 5 heteroatoms. The minimum absolute atomic E-state index is 0.0266. The van der Waals surface area contributed by atoms with Crippen molar-refractivity contribution in [2.24, 2.45) is 0 Å². The Morgan fingerprint density at radius 3 is 2.56 bits per heavy atom. The molecule has 2 rings (SSSR count). The number of ether oxygens (including phenoxy) is 1. The molecule has 140 valence electrons. The average molecular weight is 348 g/mol. The van der Waals surface area contributed by atoms with Gasteiger partial charge in [0.05, 0.1) is 6.04 Å². The number of amides is 1. The van der Waals surface area contributed by atoms with Gasteiger partial charge in [0.25, 0.3) is 0 Å². The number of likely N-dealkylation sites (tertiary alicyclic amines) is 1. The molecule has 25 heavy (non-hydrogen) atoms. The van der Waals surface area contributed by atoms with Gasteiger partial charge in [0.2, 0.25) is 5.91 Å². The molecule has 2 atom stereocenters. The molecule has 0 aromatic heterocycles. The van der Waals surface area contributed by atoms with Crippen molar-refractivity contribution in [2.45, 2.75) is 44.9 Å². The number of carbonyl (C=O) groups is 1. The van der Waals surface area contributed by atoms with Crippen LogP contribution in [0.15, 0.2) is 30.3 Å². The van der Waals surface area contributed by atoms with Gasteiger partial charge in [-0.05, 0) is 59.4 Å². The third-order valence-corrected chi connectivity index (χ3v) is 5.09. The van der Waals surface area contributed by atoms with Gasteiger partial charge in [-0.2, -0.15) is 0 Å². The van der Waals surface area contributed by atoms with E-state index in [1.54, 1.807) is 0 Å². The van der Waals surface area contributed by atoms with Crippen molar-refractivity contribution in [2.75, 3.05) is 40.3 Å². The standard InChI is InChI=1S/C20H33N3O2/c1-5-25-16(2)20(24)21-19(17-9-7-6-8-10-17)15-23(4)18-11-13-22(3)14-12-18/h6-10,16,18-19H,5,11-15H2,1-4H3,(H,21,24)/t16-,19-/m0/s1. The quantitative estimate of drug-likeness (QED) is 0.784. The van der Waals surface area contributed by atoms with Gasteiger partial charge in [-0.1, -0.05) is 30.3 Å². The Kier molecular flexibility index (Phi) is 7.88. The maximum atomic E-state index is 12.5. The molecule has 1 aromatic carbocycles. The number of piperidine rings is 1. The summed E-state index contributed by atoms with van der Waals surface area (Å²) in [6, 6.07) is 10.8. The Bertz CT molecular complexity index is 515. The van der Waals surface area contributed by atoms with Crippen LogP contribution < -0.4 is 5.32 Å². The zero-order chi connectivity index (χ0) is 18.2. The third kappa shape index (κ3) is 6.10. The average Bonchev–Trinajstić information content (AvgIpc) is 2.62. The van der Waals surface area contributed by atoms with Crippen LogP contribution in [0.2, 0.25) is 0 Å². The predicted octanol–water partition coefficient (Wildman–Crippen LogP) is 2.29. The summed E-state index contributed by atoms with van der Waals surface area (Å²) in [5, 5.41) is 3.18. The van der Waals surface area contributed by atoms with Crippen molar-refractivity contribution in [3.8, 4) is 0 Å². The molecule has 0 unspecified atom stereocenters. The maximum absolute atomic E-state index is 12.5. The number of benzene rings is 1. The molecule has 1 fully saturated rings. The van der Waals surface area contributed by atoms with Crippen molar-refractivity contribution in [1.82, 2.24) is 15.1 Å². The topological polar surface area (TPSA) is 44.8 Å². The fourth-order valence-corrected chi connectivity index (χ4v) is 3.41. The van der Waals surface area contributed by atoms with Crippen molar-refractivity contribution >= 4 is 5.91 Å². The number of rotatable bonds is 8. The van der Waals surface area contributed by atoms with Crippen LogP contribution in [0, 0.1) is 0 Å². The number of nitrogens with one attached hydrogen (secondary N) is 1. The van der Waals surface area contributed by atoms with Gasteiger partial charge in [0.1, 0.15) is 6.10 Å². The van der Waals surface area contributed by atoms with Gasteiger partial charge in [0.15, 0.2) is 0 Å². The van der Waals surface area contributed by atoms with E-state index in [-0.39, 0.29) is 11.9 Å². The molecule has 0 aliphatic carbocycles. The largest absolute Gasteiger partial charge is 0.369 e. The molecule has 1 saturated heterocycles. The van der Waals surface area contributed by atoms with Crippen molar-refractivity contribution in [3.05, 3.63) is 35.9 Å². The molecule has 1 N–H and O–H groups in total. The lowest BCUT2D eigenvalue weighted by Crippen LogP contribution is -2.46. The van der Waals surface area contributed by atoms with Crippen LogP contribution in [-0.2, 0) is 9.53 Å². The number of carbonyl (C=O) groups excluding carboxylic acids is 1. The Labute approximate surface area is 152 Å². The summed E-state index contributed by atoms with van der Waals surface area (Å²) in [4.78, 5) is 17.2. The summed E-state index contributed by atoms with van der Waals surface area (Å²) in [5.74, 6) is -0.0486. The molecule has 0 bridgehead atoms.